The number of hydrogen-bond acceptors (Lipinski definition) is 5. The molecule has 0 unspecified atom stereocenters. The number of carbonyl (C=O) groups is 1. The quantitative estimate of drug-likeness (QED) is 0.568. The third kappa shape index (κ3) is 6.98. The third-order valence-corrected chi connectivity index (χ3v) is 3.96. The van der Waals surface area contributed by atoms with Crippen LogP contribution in [0.25, 0.3) is 0 Å². The summed E-state index contributed by atoms with van der Waals surface area (Å²) in [5, 5.41) is 2.83. The summed E-state index contributed by atoms with van der Waals surface area (Å²) >= 11 is 6.25. The van der Waals surface area contributed by atoms with Crippen LogP contribution >= 0.6 is 11.6 Å². The number of rotatable bonds is 10. The molecule has 2 aromatic rings. The van der Waals surface area contributed by atoms with E-state index in [2.05, 4.69) is 10.3 Å². The molecule has 1 heterocycles. The largest absolute Gasteiger partial charge is 0.490 e. The molecule has 1 aromatic heterocycles. The first-order valence-electron chi connectivity index (χ1n) is 9.26. The maximum atomic E-state index is 12.6. The van der Waals surface area contributed by atoms with Crippen LogP contribution in [0.15, 0.2) is 30.5 Å². The zero-order valence-corrected chi connectivity index (χ0v) is 17.3. The average Bonchev–Trinajstić information content (AvgIpc) is 2.70. The molecule has 164 valence electrons. The van der Waals surface area contributed by atoms with Crippen LogP contribution in [0.3, 0.4) is 0 Å². The molecule has 6 nitrogen and oxygen atoms in total. The fourth-order valence-corrected chi connectivity index (χ4v) is 2.69. The maximum Gasteiger partial charge on any atom is 0.422 e. The van der Waals surface area contributed by atoms with Crippen molar-refractivity contribution in [3.63, 3.8) is 0 Å². The van der Waals surface area contributed by atoms with E-state index in [0.29, 0.717) is 30.3 Å². The van der Waals surface area contributed by atoms with Crippen molar-refractivity contribution in [2.75, 3.05) is 19.8 Å². The number of hydrogen-bond donors (Lipinski definition) is 1. The van der Waals surface area contributed by atoms with E-state index >= 15 is 0 Å². The van der Waals surface area contributed by atoms with Crippen molar-refractivity contribution in [2.24, 2.45) is 0 Å². The molecule has 1 aromatic carbocycles. The first kappa shape index (κ1) is 23.6. The van der Waals surface area contributed by atoms with Crippen molar-refractivity contribution < 1.29 is 32.2 Å². The molecule has 1 amide bonds. The molecule has 0 aliphatic carbocycles. The first-order chi connectivity index (χ1) is 14.2. The van der Waals surface area contributed by atoms with Gasteiger partial charge in [0.1, 0.15) is 0 Å². The van der Waals surface area contributed by atoms with Crippen molar-refractivity contribution in [1.29, 1.82) is 0 Å². The molecule has 2 rings (SSSR count). The molecule has 0 atom stereocenters. The number of carbonyl (C=O) groups excluding carboxylic acids is 1. The summed E-state index contributed by atoms with van der Waals surface area (Å²) in [5.74, 6) is -0.0109. The van der Waals surface area contributed by atoms with Gasteiger partial charge in [-0.3, -0.25) is 4.79 Å². The highest BCUT2D eigenvalue weighted by atomic mass is 35.5. The summed E-state index contributed by atoms with van der Waals surface area (Å²) in [5.41, 5.74) is 0.517. The Morgan fingerprint density at radius 1 is 1.20 bits per heavy atom. The van der Waals surface area contributed by atoms with Gasteiger partial charge in [0.15, 0.2) is 18.1 Å². The number of pyridine rings is 1. The highest BCUT2D eigenvalue weighted by Gasteiger charge is 2.29. The molecule has 0 spiro atoms. The van der Waals surface area contributed by atoms with E-state index < -0.39 is 18.7 Å². The average molecular weight is 447 g/mol. The van der Waals surface area contributed by atoms with Crippen molar-refractivity contribution in [3.05, 3.63) is 46.6 Å². The molecule has 0 bridgehead atoms. The molecule has 0 saturated carbocycles. The van der Waals surface area contributed by atoms with Gasteiger partial charge in [-0.1, -0.05) is 24.6 Å². The Morgan fingerprint density at radius 2 is 1.97 bits per heavy atom. The van der Waals surface area contributed by atoms with Crippen LogP contribution in [-0.2, 0) is 6.54 Å². The Kier molecular flexibility index (Phi) is 8.58. The van der Waals surface area contributed by atoms with E-state index in [1.165, 1.54) is 30.5 Å². The predicted molar refractivity (Wildman–Crippen MR) is 105 cm³/mol. The van der Waals surface area contributed by atoms with Crippen molar-refractivity contribution in [2.45, 2.75) is 33.0 Å². The van der Waals surface area contributed by atoms with Gasteiger partial charge < -0.3 is 19.5 Å². The SMILES string of the molecule is CCCOc1c(Cl)cc(C(=O)NCc2cccnc2OCC(F)(F)F)cc1OCC. The molecule has 10 heteroatoms. The first-order valence-corrected chi connectivity index (χ1v) is 9.63. The van der Waals surface area contributed by atoms with E-state index in [4.69, 9.17) is 25.8 Å². The van der Waals surface area contributed by atoms with Crippen molar-refractivity contribution in [1.82, 2.24) is 10.3 Å². The second-order valence-corrected chi connectivity index (χ2v) is 6.53. The maximum absolute atomic E-state index is 12.6. The number of nitrogens with zero attached hydrogens (tertiary/aromatic N) is 1. The normalized spacial score (nSPS) is 11.1. The van der Waals surface area contributed by atoms with Crippen LogP contribution in [0.4, 0.5) is 13.2 Å². The van der Waals surface area contributed by atoms with Gasteiger partial charge in [0.25, 0.3) is 5.91 Å². The van der Waals surface area contributed by atoms with Gasteiger partial charge in [-0.15, -0.1) is 0 Å². The fraction of sp³-hybridized carbons (Fsp3) is 0.400. The van der Waals surface area contributed by atoms with E-state index in [0.717, 1.165) is 6.42 Å². The van der Waals surface area contributed by atoms with E-state index in [1.807, 2.05) is 6.92 Å². The molecular weight excluding hydrogens is 425 g/mol. The summed E-state index contributed by atoms with van der Waals surface area (Å²) in [6.07, 6.45) is -2.42. The van der Waals surface area contributed by atoms with Crippen molar-refractivity contribution >= 4 is 17.5 Å². The summed E-state index contributed by atoms with van der Waals surface area (Å²) in [4.78, 5) is 16.4. The number of amides is 1. The minimum Gasteiger partial charge on any atom is -0.490 e. The predicted octanol–water partition coefficient (Wildman–Crippen LogP) is 4.79. The summed E-state index contributed by atoms with van der Waals surface area (Å²) < 4.78 is 53.0. The topological polar surface area (TPSA) is 69.7 Å². The standard InChI is InChI=1S/C20H22ClF3N2O4/c1-3-8-29-17-15(21)9-14(10-16(17)28-4-2)18(27)26-11-13-6-5-7-25-19(13)30-12-20(22,23)24/h5-7,9-10H,3-4,8,11-12H2,1-2H3,(H,26,27). The van der Waals surface area contributed by atoms with E-state index in [-0.39, 0.29) is 23.0 Å². The van der Waals surface area contributed by atoms with Crippen LogP contribution in [0.2, 0.25) is 5.02 Å². The van der Waals surface area contributed by atoms with Crippen LogP contribution in [-0.4, -0.2) is 36.9 Å². The Morgan fingerprint density at radius 3 is 2.63 bits per heavy atom. The van der Waals surface area contributed by atoms with Crippen LogP contribution in [0, 0.1) is 0 Å². The van der Waals surface area contributed by atoms with Crippen LogP contribution < -0.4 is 19.5 Å². The van der Waals surface area contributed by atoms with E-state index in [1.54, 1.807) is 6.92 Å². The lowest BCUT2D eigenvalue weighted by Crippen LogP contribution is -2.24. The lowest BCUT2D eigenvalue weighted by molar-refractivity contribution is -0.154. The zero-order chi connectivity index (χ0) is 22.1. The molecule has 0 fully saturated rings. The van der Waals surface area contributed by atoms with Gasteiger partial charge in [-0.05, 0) is 31.5 Å². The number of aromatic nitrogens is 1. The number of halogens is 4. The van der Waals surface area contributed by atoms with Gasteiger partial charge in [0.05, 0.1) is 18.2 Å². The number of alkyl halides is 3. The van der Waals surface area contributed by atoms with Crippen LogP contribution in [0.5, 0.6) is 17.4 Å². The monoisotopic (exact) mass is 446 g/mol. The lowest BCUT2D eigenvalue weighted by Gasteiger charge is -2.15. The second kappa shape index (κ2) is 10.9. The molecule has 0 aliphatic heterocycles. The molecule has 0 aliphatic rings. The molecule has 30 heavy (non-hydrogen) atoms. The minimum atomic E-state index is -4.49. The summed E-state index contributed by atoms with van der Waals surface area (Å²) in [6.45, 7) is 2.95. The van der Waals surface area contributed by atoms with Gasteiger partial charge in [-0.2, -0.15) is 13.2 Å². The molecule has 1 N–H and O–H groups in total. The minimum absolute atomic E-state index is 0.0878. The van der Waals surface area contributed by atoms with Gasteiger partial charge in [0.2, 0.25) is 5.88 Å². The molecule has 0 radical (unpaired) electrons. The smallest absolute Gasteiger partial charge is 0.422 e. The zero-order valence-electron chi connectivity index (χ0n) is 16.5. The highest BCUT2D eigenvalue weighted by molar-refractivity contribution is 6.32. The Balaban J connectivity index is 2.13. The van der Waals surface area contributed by atoms with Gasteiger partial charge >= 0.3 is 6.18 Å². The number of nitrogens with one attached hydrogen (secondary N) is 1. The Hall–Kier alpha value is -2.68. The van der Waals surface area contributed by atoms with E-state index in [9.17, 15) is 18.0 Å². The Bertz CT molecular complexity index is 862. The molecular formula is C20H22ClF3N2O4. The number of ether oxygens (including phenoxy) is 3. The fourth-order valence-electron chi connectivity index (χ4n) is 2.42. The van der Waals surface area contributed by atoms with Gasteiger partial charge in [-0.25, -0.2) is 4.98 Å². The highest BCUT2D eigenvalue weighted by Crippen LogP contribution is 2.37. The van der Waals surface area contributed by atoms with Crippen molar-refractivity contribution in [3.8, 4) is 17.4 Å². The second-order valence-electron chi connectivity index (χ2n) is 6.12. The molecule has 0 saturated heterocycles. The third-order valence-electron chi connectivity index (χ3n) is 3.68. The lowest BCUT2D eigenvalue weighted by atomic mass is 10.1. The van der Waals surface area contributed by atoms with Gasteiger partial charge in [0, 0.05) is 23.9 Å². The summed E-state index contributed by atoms with van der Waals surface area (Å²) in [7, 11) is 0. The van der Waals surface area contributed by atoms with Crippen LogP contribution in [0.1, 0.15) is 36.2 Å². The summed E-state index contributed by atoms with van der Waals surface area (Å²) in [6, 6.07) is 5.99. The number of benzene rings is 1. The Labute approximate surface area is 177 Å².